The van der Waals surface area contributed by atoms with Crippen molar-refractivity contribution in [1.82, 2.24) is 5.32 Å². The van der Waals surface area contributed by atoms with Gasteiger partial charge in [0.25, 0.3) is 0 Å². The summed E-state index contributed by atoms with van der Waals surface area (Å²) in [7, 11) is 0. The van der Waals surface area contributed by atoms with Gasteiger partial charge in [0.2, 0.25) is 0 Å². The van der Waals surface area contributed by atoms with Crippen molar-refractivity contribution in [1.29, 1.82) is 0 Å². The average molecular weight is 431 g/mol. The van der Waals surface area contributed by atoms with Gasteiger partial charge in [-0.25, -0.2) is 9.59 Å². The molecule has 9 heteroatoms. The lowest BCUT2D eigenvalue weighted by atomic mass is 10.1. The Bertz CT molecular complexity index is 929. The summed E-state index contributed by atoms with van der Waals surface area (Å²) in [6.45, 7) is 4.38. The molecular formula is C22H25NO8. The van der Waals surface area contributed by atoms with Crippen LogP contribution in [0.2, 0.25) is 0 Å². The number of aryl methyl sites for hydroxylation is 1. The van der Waals surface area contributed by atoms with Crippen molar-refractivity contribution >= 4 is 11.9 Å². The van der Waals surface area contributed by atoms with Crippen LogP contribution in [0.25, 0.3) is 0 Å². The minimum Gasteiger partial charge on any atom is -0.491 e. The van der Waals surface area contributed by atoms with Gasteiger partial charge in [0, 0.05) is 12.6 Å². The van der Waals surface area contributed by atoms with E-state index < -0.39 is 23.8 Å². The van der Waals surface area contributed by atoms with Crippen LogP contribution in [0.5, 0.6) is 17.2 Å². The van der Waals surface area contributed by atoms with Gasteiger partial charge in [0.1, 0.15) is 18.5 Å². The molecule has 0 spiro atoms. The Labute approximate surface area is 179 Å². The van der Waals surface area contributed by atoms with Crippen LogP contribution in [-0.4, -0.2) is 58.3 Å². The van der Waals surface area contributed by atoms with Crippen LogP contribution in [0.4, 0.5) is 0 Å². The van der Waals surface area contributed by atoms with Crippen LogP contribution in [0, 0.1) is 6.92 Å². The van der Waals surface area contributed by atoms with E-state index >= 15 is 0 Å². The first-order valence-corrected chi connectivity index (χ1v) is 9.78. The number of ether oxygens (including phenoxy) is 3. The van der Waals surface area contributed by atoms with Gasteiger partial charge in [-0.3, -0.25) is 0 Å². The molecule has 2 aromatic carbocycles. The third-order valence-electron chi connectivity index (χ3n) is 4.79. The molecule has 0 radical (unpaired) electrons. The van der Waals surface area contributed by atoms with Crippen molar-refractivity contribution in [2.24, 2.45) is 0 Å². The molecule has 0 aliphatic carbocycles. The molecule has 31 heavy (non-hydrogen) atoms. The molecule has 1 aliphatic rings. The third-order valence-corrected chi connectivity index (χ3v) is 4.79. The van der Waals surface area contributed by atoms with Gasteiger partial charge >= 0.3 is 17.7 Å². The number of aliphatic hydroxyl groups excluding tert-OH is 1. The molecule has 4 N–H and O–H groups in total. The molecule has 0 aromatic heterocycles. The zero-order valence-electron chi connectivity index (χ0n) is 17.2. The number of hydrogen-bond acceptors (Lipinski definition) is 7. The fourth-order valence-corrected chi connectivity index (χ4v) is 3.09. The minimum absolute atomic E-state index is 0.0295. The number of benzene rings is 2. The highest BCUT2D eigenvalue weighted by Crippen LogP contribution is 2.40. The lowest BCUT2D eigenvalue weighted by Crippen LogP contribution is -2.54. The summed E-state index contributed by atoms with van der Waals surface area (Å²) >= 11 is 0. The summed E-state index contributed by atoms with van der Waals surface area (Å²) in [5, 5.41) is 31.7. The number of aliphatic carboxylic acids is 2. The van der Waals surface area contributed by atoms with E-state index in [0.29, 0.717) is 18.7 Å². The standard InChI is InChI=1S/C22H25NO8/c1-13-3-6-17(7-4-13)29-12-16(24)11-23-14(2)9-15-5-8-18-19(10-15)31-22(30-18,20(25)26)21(27)28/h3-8,10,14,16,23-24H,9,11-12H2,1-2H3,(H,25,26)(H,27,28). The first kappa shape index (κ1) is 22.4. The highest BCUT2D eigenvalue weighted by atomic mass is 16.8. The van der Waals surface area contributed by atoms with E-state index in [9.17, 15) is 24.9 Å². The molecule has 2 unspecified atom stereocenters. The lowest BCUT2D eigenvalue weighted by molar-refractivity contribution is -0.194. The second kappa shape index (κ2) is 9.23. The maximum absolute atomic E-state index is 11.3. The molecular weight excluding hydrogens is 406 g/mol. The van der Waals surface area contributed by atoms with Gasteiger partial charge in [-0.15, -0.1) is 0 Å². The maximum atomic E-state index is 11.3. The van der Waals surface area contributed by atoms with E-state index in [0.717, 1.165) is 11.1 Å². The number of hydrogen-bond donors (Lipinski definition) is 4. The Morgan fingerprint density at radius 1 is 1.06 bits per heavy atom. The van der Waals surface area contributed by atoms with Crippen molar-refractivity contribution in [2.75, 3.05) is 13.2 Å². The van der Waals surface area contributed by atoms with Gasteiger partial charge < -0.3 is 34.8 Å². The van der Waals surface area contributed by atoms with Gasteiger partial charge in [0.15, 0.2) is 11.5 Å². The van der Waals surface area contributed by atoms with E-state index in [4.69, 9.17) is 14.2 Å². The molecule has 2 atom stereocenters. The van der Waals surface area contributed by atoms with E-state index in [-0.39, 0.29) is 24.1 Å². The summed E-state index contributed by atoms with van der Waals surface area (Å²) in [5.74, 6) is -5.45. The maximum Gasteiger partial charge on any atom is 0.453 e. The molecule has 0 saturated heterocycles. The first-order chi connectivity index (χ1) is 14.7. The zero-order chi connectivity index (χ0) is 22.6. The summed E-state index contributed by atoms with van der Waals surface area (Å²) in [5.41, 5.74) is 1.92. The van der Waals surface area contributed by atoms with Gasteiger partial charge in [-0.2, -0.15) is 0 Å². The van der Waals surface area contributed by atoms with Crippen LogP contribution in [-0.2, 0) is 16.0 Å². The normalized spacial score (nSPS) is 15.8. The number of rotatable bonds is 10. The van der Waals surface area contributed by atoms with Crippen LogP contribution < -0.4 is 19.5 Å². The highest BCUT2D eigenvalue weighted by Gasteiger charge is 2.57. The van der Waals surface area contributed by atoms with Gasteiger partial charge in [0.05, 0.1) is 0 Å². The molecule has 9 nitrogen and oxygen atoms in total. The van der Waals surface area contributed by atoms with Crippen LogP contribution in [0.1, 0.15) is 18.1 Å². The van der Waals surface area contributed by atoms with Crippen molar-refractivity contribution in [3.8, 4) is 17.2 Å². The number of carbonyl (C=O) groups is 2. The van der Waals surface area contributed by atoms with E-state index in [1.807, 2.05) is 38.1 Å². The second-order valence-corrected chi connectivity index (χ2v) is 7.50. The fraction of sp³-hybridized carbons (Fsp3) is 0.364. The quantitative estimate of drug-likeness (QED) is 0.414. The monoisotopic (exact) mass is 431 g/mol. The largest absolute Gasteiger partial charge is 0.491 e. The summed E-state index contributed by atoms with van der Waals surface area (Å²) < 4.78 is 15.7. The van der Waals surface area contributed by atoms with Gasteiger partial charge in [-0.05, 0) is 50.1 Å². The number of fused-ring (bicyclic) bond motifs is 1. The Kier molecular flexibility index (Phi) is 6.67. The van der Waals surface area contributed by atoms with Gasteiger partial charge in [-0.1, -0.05) is 23.8 Å². The summed E-state index contributed by atoms with van der Waals surface area (Å²) in [6, 6.07) is 12.3. The Hall–Kier alpha value is -3.30. The highest BCUT2D eigenvalue weighted by molar-refractivity contribution is 6.01. The molecule has 0 fully saturated rings. The summed E-state index contributed by atoms with van der Waals surface area (Å²) in [6.07, 6.45) is -0.165. The fourth-order valence-electron chi connectivity index (χ4n) is 3.09. The van der Waals surface area contributed by atoms with Crippen molar-refractivity contribution in [2.45, 2.75) is 38.2 Å². The van der Waals surface area contributed by atoms with Crippen molar-refractivity contribution in [3.63, 3.8) is 0 Å². The minimum atomic E-state index is -2.77. The predicted molar refractivity (Wildman–Crippen MR) is 110 cm³/mol. The summed E-state index contributed by atoms with van der Waals surface area (Å²) in [4.78, 5) is 22.7. The van der Waals surface area contributed by atoms with E-state index in [1.54, 1.807) is 12.1 Å². The second-order valence-electron chi connectivity index (χ2n) is 7.50. The number of nitrogens with one attached hydrogen (secondary N) is 1. The van der Waals surface area contributed by atoms with E-state index in [2.05, 4.69) is 5.32 Å². The number of carboxylic acid groups (broad SMARTS) is 2. The first-order valence-electron chi connectivity index (χ1n) is 9.78. The predicted octanol–water partition coefficient (Wildman–Crippen LogP) is 1.59. The van der Waals surface area contributed by atoms with Crippen molar-refractivity contribution < 1.29 is 39.1 Å². The van der Waals surface area contributed by atoms with Crippen LogP contribution in [0.15, 0.2) is 42.5 Å². The average Bonchev–Trinajstić information content (AvgIpc) is 3.12. The molecule has 166 valence electrons. The Morgan fingerprint density at radius 2 is 1.71 bits per heavy atom. The molecule has 0 saturated carbocycles. The van der Waals surface area contributed by atoms with Crippen LogP contribution in [0.3, 0.4) is 0 Å². The smallest absolute Gasteiger partial charge is 0.453 e. The van der Waals surface area contributed by atoms with Crippen LogP contribution >= 0.6 is 0 Å². The molecule has 1 heterocycles. The topological polar surface area (TPSA) is 135 Å². The zero-order valence-corrected chi connectivity index (χ0v) is 17.2. The number of aliphatic hydroxyl groups is 1. The molecule has 0 amide bonds. The molecule has 1 aliphatic heterocycles. The molecule has 2 aromatic rings. The molecule has 0 bridgehead atoms. The SMILES string of the molecule is Cc1ccc(OCC(O)CNC(C)Cc2ccc3c(c2)OC(C(=O)O)(C(=O)O)O3)cc1. The third kappa shape index (κ3) is 5.25. The van der Waals surface area contributed by atoms with Crippen molar-refractivity contribution in [3.05, 3.63) is 53.6 Å². The Balaban J connectivity index is 1.49. The molecule has 3 rings (SSSR count). The van der Waals surface area contributed by atoms with E-state index in [1.165, 1.54) is 6.07 Å². The Morgan fingerprint density at radius 3 is 2.35 bits per heavy atom. The lowest BCUT2D eigenvalue weighted by Gasteiger charge is -2.18. The number of carboxylic acids is 2.